The Morgan fingerprint density at radius 2 is 2.20 bits per heavy atom. The van der Waals surface area contributed by atoms with Gasteiger partial charge in [-0.3, -0.25) is 10.1 Å². The Hall–Kier alpha value is -0.780. The second-order valence-corrected chi connectivity index (χ2v) is 6.59. The fourth-order valence-electron chi connectivity index (χ4n) is 2.73. The monoisotopic (exact) mass is 314 g/mol. The van der Waals surface area contributed by atoms with E-state index < -0.39 is 0 Å². The van der Waals surface area contributed by atoms with Gasteiger partial charge in [-0.25, -0.2) is 0 Å². The Kier molecular flexibility index (Phi) is 5.69. The third-order valence-corrected chi connectivity index (χ3v) is 5.20. The van der Waals surface area contributed by atoms with Gasteiger partial charge in [0.1, 0.15) is 0 Å². The van der Waals surface area contributed by atoms with Gasteiger partial charge in [0.25, 0.3) is 5.69 Å². The molecular weight excluding hydrogens is 296 g/mol. The molecule has 1 aliphatic carbocycles. The molecule has 0 radical (unpaired) electrons. The number of hydrogen-bond acceptors (Lipinski definition) is 4. The summed E-state index contributed by atoms with van der Waals surface area (Å²) < 4.78 is 0. The lowest BCUT2D eigenvalue weighted by Crippen LogP contribution is -2.40. The van der Waals surface area contributed by atoms with Gasteiger partial charge in [0.2, 0.25) is 0 Å². The SMILES string of the molecule is CSC1CCCCC1NCc1cc(Cl)ccc1[N+](=O)[O-]. The van der Waals surface area contributed by atoms with Gasteiger partial charge in [0.15, 0.2) is 0 Å². The summed E-state index contributed by atoms with van der Waals surface area (Å²) in [4.78, 5) is 10.7. The number of benzene rings is 1. The first kappa shape index (κ1) is 15.6. The molecule has 1 saturated carbocycles. The van der Waals surface area contributed by atoms with Gasteiger partial charge in [-0.2, -0.15) is 11.8 Å². The van der Waals surface area contributed by atoms with Crippen LogP contribution in [-0.4, -0.2) is 22.5 Å². The summed E-state index contributed by atoms with van der Waals surface area (Å²) >= 11 is 7.82. The number of halogens is 1. The van der Waals surface area contributed by atoms with Gasteiger partial charge >= 0.3 is 0 Å². The number of nitrogens with one attached hydrogen (secondary N) is 1. The first-order valence-electron chi connectivity index (χ1n) is 6.81. The molecule has 0 heterocycles. The van der Waals surface area contributed by atoms with Crippen molar-refractivity contribution in [3.05, 3.63) is 38.9 Å². The fourth-order valence-corrected chi connectivity index (χ4v) is 3.89. The van der Waals surface area contributed by atoms with Crippen molar-refractivity contribution in [2.45, 2.75) is 43.5 Å². The predicted molar refractivity (Wildman–Crippen MR) is 84.5 cm³/mol. The third kappa shape index (κ3) is 3.87. The Labute approximate surface area is 128 Å². The van der Waals surface area contributed by atoms with Crippen molar-refractivity contribution in [3.63, 3.8) is 0 Å². The van der Waals surface area contributed by atoms with E-state index in [4.69, 9.17) is 11.6 Å². The molecule has 2 atom stereocenters. The molecule has 0 saturated heterocycles. The molecule has 0 bridgehead atoms. The highest BCUT2D eigenvalue weighted by molar-refractivity contribution is 7.99. The minimum Gasteiger partial charge on any atom is -0.309 e. The van der Waals surface area contributed by atoms with E-state index in [0.29, 0.717) is 28.4 Å². The van der Waals surface area contributed by atoms with Crippen molar-refractivity contribution in [3.8, 4) is 0 Å². The molecule has 0 spiro atoms. The number of nitro benzene ring substituents is 1. The van der Waals surface area contributed by atoms with E-state index in [1.807, 2.05) is 11.8 Å². The van der Waals surface area contributed by atoms with Crippen molar-refractivity contribution in [1.29, 1.82) is 0 Å². The van der Waals surface area contributed by atoms with Crippen LogP contribution >= 0.6 is 23.4 Å². The number of nitrogens with zero attached hydrogens (tertiary/aromatic N) is 1. The molecule has 1 N–H and O–H groups in total. The van der Waals surface area contributed by atoms with Crippen LogP contribution in [0, 0.1) is 10.1 Å². The Bertz CT molecular complexity index is 484. The molecule has 4 nitrogen and oxygen atoms in total. The van der Waals surface area contributed by atoms with E-state index >= 15 is 0 Å². The molecule has 0 amide bonds. The van der Waals surface area contributed by atoms with Gasteiger partial charge in [0, 0.05) is 34.5 Å². The zero-order chi connectivity index (χ0) is 14.5. The van der Waals surface area contributed by atoms with E-state index in [-0.39, 0.29) is 10.6 Å². The van der Waals surface area contributed by atoms with E-state index in [9.17, 15) is 10.1 Å². The summed E-state index contributed by atoms with van der Waals surface area (Å²) in [5.41, 5.74) is 0.798. The molecule has 1 aromatic rings. The molecule has 20 heavy (non-hydrogen) atoms. The number of nitro groups is 1. The van der Waals surface area contributed by atoms with Crippen LogP contribution in [0.1, 0.15) is 31.2 Å². The van der Waals surface area contributed by atoms with Gasteiger partial charge < -0.3 is 5.32 Å². The highest BCUT2D eigenvalue weighted by Crippen LogP contribution is 2.28. The fraction of sp³-hybridized carbons (Fsp3) is 0.571. The maximum absolute atomic E-state index is 11.0. The standard InChI is InChI=1S/C14H19ClN2O2S/c1-20-14-5-3-2-4-12(14)16-9-10-8-11(15)6-7-13(10)17(18)19/h6-8,12,14,16H,2-5,9H2,1H3. The van der Waals surface area contributed by atoms with Gasteiger partial charge in [0.05, 0.1) is 4.92 Å². The summed E-state index contributed by atoms with van der Waals surface area (Å²) in [5, 5.41) is 15.7. The lowest BCUT2D eigenvalue weighted by molar-refractivity contribution is -0.385. The van der Waals surface area contributed by atoms with Crippen LogP contribution in [0.15, 0.2) is 18.2 Å². The molecule has 110 valence electrons. The third-order valence-electron chi connectivity index (χ3n) is 3.80. The van der Waals surface area contributed by atoms with E-state index in [1.54, 1.807) is 12.1 Å². The number of rotatable bonds is 5. The van der Waals surface area contributed by atoms with Crippen LogP contribution in [0.3, 0.4) is 0 Å². The average Bonchev–Trinajstić information content (AvgIpc) is 2.45. The van der Waals surface area contributed by atoms with E-state index in [1.165, 1.54) is 25.3 Å². The van der Waals surface area contributed by atoms with Crippen molar-refractivity contribution >= 4 is 29.1 Å². The zero-order valence-electron chi connectivity index (χ0n) is 11.5. The largest absolute Gasteiger partial charge is 0.309 e. The summed E-state index contributed by atoms with van der Waals surface area (Å²) in [5.74, 6) is 0. The summed E-state index contributed by atoms with van der Waals surface area (Å²) in [6, 6.07) is 5.15. The van der Waals surface area contributed by atoms with Crippen LogP contribution in [-0.2, 0) is 6.54 Å². The Morgan fingerprint density at radius 3 is 2.90 bits per heavy atom. The number of thioether (sulfide) groups is 1. The molecule has 0 aromatic heterocycles. The van der Waals surface area contributed by atoms with Crippen molar-refractivity contribution < 1.29 is 4.92 Å². The Balaban J connectivity index is 2.06. The maximum Gasteiger partial charge on any atom is 0.273 e. The van der Waals surface area contributed by atoms with Crippen LogP contribution in [0.5, 0.6) is 0 Å². The summed E-state index contributed by atoms with van der Waals surface area (Å²) in [6.07, 6.45) is 7.00. The van der Waals surface area contributed by atoms with E-state index in [2.05, 4.69) is 11.6 Å². The molecular formula is C14H19ClN2O2S. The van der Waals surface area contributed by atoms with Gasteiger partial charge in [-0.15, -0.1) is 0 Å². The van der Waals surface area contributed by atoms with Crippen LogP contribution in [0.25, 0.3) is 0 Å². The minimum atomic E-state index is -0.347. The highest BCUT2D eigenvalue weighted by Gasteiger charge is 2.24. The normalized spacial score (nSPS) is 22.7. The maximum atomic E-state index is 11.0. The van der Waals surface area contributed by atoms with Gasteiger partial charge in [-0.05, 0) is 31.2 Å². The first-order chi connectivity index (χ1) is 9.61. The molecule has 1 aliphatic rings. The lowest BCUT2D eigenvalue weighted by atomic mass is 9.94. The van der Waals surface area contributed by atoms with Crippen molar-refractivity contribution in [1.82, 2.24) is 5.32 Å². The summed E-state index contributed by atoms with van der Waals surface area (Å²) in [6.45, 7) is 0.499. The van der Waals surface area contributed by atoms with Crippen molar-refractivity contribution in [2.75, 3.05) is 6.26 Å². The lowest BCUT2D eigenvalue weighted by Gasteiger charge is -2.31. The Morgan fingerprint density at radius 1 is 1.45 bits per heavy atom. The topological polar surface area (TPSA) is 55.2 Å². The molecule has 0 aliphatic heterocycles. The van der Waals surface area contributed by atoms with Crippen LogP contribution in [0.2, 0.25) is 5.02 Å². The average molecular weight is 315 g/mol. The molecule has 2 rings (SSSR count). The first-order valence-corrected chi connectivity index (χ1v) is 8.47. The zero-order valence-corrected chi connectivity index (χ0v) is 13.0. The van der Waals surface area contributed by atoms with Crippen LogP contribution < -0.4 is 5.32 Å². The molecule has 2 unspecified atom stereocenters. The molecule has 6 heteroatoms. The minimum absolute atomic E-state index is 0.137. The van der Waals surface area contributed by atoms with Crippen molar-refractivity contribution in [2.24, 2.45) is 0 Å². The molecule has 1 aromatic carbocycles. The van der Waals surface area contributed by atoms with Gasteiger partial charge in [-0.1, -0.05) is 24.4 Å². The van der Waals surface area contributed by atoms with E-state index in [0.717, 1.165) is 6.42 Å². The smallest absolute Gasteiger partial charge is 0.273 e. The summed E-state index contributed by atoms with van der Waals surface area (Å²) in [7, 11) is 0. The molecule has 1 fully saturated rings. The van der Waals surface area contributed by atoms with Crippen LogP contribution in [0.4, 0.5) is 5.69 Å². The predicted octanol–water partition coefficient (Wildman–Crippen LogP) is 4.01. The second-order valence-electron chi connectivity index (χ2n) is 5.08. The second kappa shape index (κ2) is 7.29. The quantitative estimate of drug-likeness (QED) is 0.659. The number of hydrogen-bond donors (Lipinski definition) is 1. The highest BCUT2D eigenvalue weighted by atomic mass is 35.5.